The number of ketones is 1. The monoisotopic (exact) mass is 477 g/mol. The van der Waals surface area contributed by atoms with Crippen LogP contribution in [0.25, 0.3) is 5.76 Å². The zero-order chi connectivity index (χ0) is 25.8. The predicted molar refractivity (Wildman–Crippen MR) is 141 cm³/mol. The molecule has 1 saturated heterocycles. The van der Waals surface area contributed by atoms with Gasteiger partial charge in [0.15, 0.2) is 0 Å². The number of ether oxygens (including phenoxy) is 1. The number of likely N-dealkylation sites (tertiary alicyclic amines) is 1. The highest BCUT2D eigenvalue weighted by Crippen LogP contribution is 2.41. The normalized spacial score (nSPS) is 17.8. The molecule has 0 aromatic heterocycles. The minimum atomic E-state index is -0.638. The second kappa shape index (κ2) is 11.1. The molecular weight excluding hydrogens is 438 g/mol. The fourth-order valence-corrected chi connectivity index (χ4v) is 4.48. The summed E-state index contributed by atoms with van der Waals surface area (Å²) in [6, 6.07) is 12.8. The van der Waals surface area contributed by atoms with Crippen LogP contribution in [0.4, 0.5) is 0 Å². The van der Waals surface area contributed by atoms with Gasteiger partial charge in [-0.1, -0.05) is 71.7 Å². The van der Waals surface area contributed by atoms with Gasteiger partial charge in [-0.2, -0.15) is 0 Å². The number of hydrogen-bond acceptors (Lipinski definition) is 4. The maximum atomic E-state index is 13.2. The van der Waals surface area contributed by atoms with Crippen LogP contribution in [0.3, 0.4) is 0 Å². The Morgan fingerprint density at radius 3 is 2.29 bits per heavy atom. The van der Waals surface area contributed by atoms with E-state index in [0.29, 0.717) is 25.1 Å². The van der Waals surface area contributed by atoms with Crippen LogP contribution in [0, 0.1) is 6.92 Å². The predicted octanol–water partition coefficient (Wildman–Crippen LogP) is 6.69. The van der Waals surface area contributed by atoms with Crippen LogP contribution in [0.15, 0.2) is 48.0 Å². The van der Waals surface area contributed by atoms with Gasteiger partial charge >= 0.3 is 0 Å². The zero-order valence-corrected chi connectivity index (χ0v) is 22.0. The highest BCUT2D eigenvalue weighted by molar-refractivity contribution is 6.46. The molecule has 1 atom stereocenters. The van der Waals surface area contributed by atoms with Crippen LogP contribution >= 0.6 is 0 Å². The summed E-state index contributed by atoms with van der Waals surface area (Å²) in [7, 11) is 0. The Kier molecular flexibility index (Phi) is 8.42. The lowest BCUT2D eigenvalue weighted by atomic mass is 9.84. The number of aryl methyl sites for hydroxylation is 1. The van der Waals surface area contributed by atoms with Crippen molar-refractivity contribution < 1.29 is 19.4 Å². The van der Waals surface area contributed by atoms with Crippen LogP contribution in [-0.2, 0) is 15.0 Å². The van der Waals surface area contributed by atoms with Gasteiger partial charge in [-0.3, -0.25) is 9.59 Å². The standard InChI is InChI=1S/C30H39NO4/c1-7-9-10-18-35-23-15-12-21(13-16-23)26-25(28(33)29(34)31(26)17-8-2)27(32)24-19-22(30(4,5)6)14-11-20(24)3/h11-16,19,26,32H,7-10,17-18H2,1-6H3/b27-25+. The smallest absolute Gasteiger partial charge is 0.295 e. The van der Waals surface area contributed by atoms with Crippen molar-refractivity contribution in [1.82, 2.24) is 4.90 Å². The summed E-state index contributed by atoms with van der Waals surface area (Å²) in [6.45, 7) is 13.4. The van der Waals surface area contributed by atoms with E-state index in [1.807, 2.05) is 56.3 Å². The fraction of sp³-hybridized carbons (Fsp3) is 0.467. The molecule has 5 nitrogen and oxygen atoms in total. The molecule has 1 amide bonds. The van der Waals surface area contributed by atoms with Crippen molar-refractivity contribution in [2.24, 2.45) is 0 Å². The molecule has 0 saturated carbocycles. The van der Waals surface area contributed by atoms with Gasteiger partial charge in [0.1, 0.15) is 11.5 Å². The number of amides is 1. The number of carbonyl (C=O) groups excluding carboxylic acids is 2. The lowest BCUT2D eigenvalue weighted by Gasteiger charge is -2.25. The van der Waals surface area contributed by atoms with Crippen molar-refractivity contribution in [2.75, 3.05) is 13.2 Å². The van der Waals surface area contributed by atoms with Crippen molar-refractivity contribution in [3.05, 3.63) is 70.3 Å². The molecule has 0 aliphatic carbocycles. The van der Waals surface area contributed by atoms with Gasteiger partial charge in [0, 0.05) is 12.1 Å². The van der Waals surface area contributed by atoms with E-state index in [-0.39, 0.29) is 16.7 Å². The van der Waals surface area contributed by atoms with Crippen molar-refractivity contribution in [3.63, 3.8) is 0 Å². The molecule has 35 heavy (non-hydrogen) atoms. The number of carbonyl (C=O) groups is 2. The van der Waals surface area contributed by atoms with Crippen molar-refractivity contribution >= 4 is 17.4 Å². The van der Waals surface area contributed by atoms with E-state index in [9.17, 15) is 14.7 Å². The molecule has 2 aromatic rings. The minimum Gasteiger partial charge on any atom is -0.507 e. The summed E-state index contributed by atoms with van der Waals surface area (Å²) in [5.41, 5.74) is 3.30. The topological polar surface area (TPSA) is 66.8 Å². The Bertz CT molecular complexity index is 1090. The van der Waals surface area contributed by atoms with E-state index < -0.39 is 17.7 Å². The van der Waals surface area contributed by atoms with Crippen molar-refractivity contribution in [1.29, 1.82) is 0 Å². The Morgan fingerprint density at radius 1 is 1.00 bits per heavy atom. The summed E-state index contributed by atoms with van der Waals surface area (Å²) < 4.78 is 5.84. The number of nitrogens with zero attached hydrogens (tertiary/aromatic N) is 1. The van der Waals surface area contributed by atoms with E-state index in [1.165, 1.54) is 0 Å². The Balaban J connectivity index is 2.06. The minimum absolute atomic E-state index is 0.115. The first-order chi connectivity index (χ1) is 16.6. The maximum absolute atomic E-state index is 13.2. The lowest BCUT2D eigenvalue weighted by molar-refractivity contribution is -0.139. The highest BCUT2D eigenvalue weighted by Gasteiger charge is 2.45. The molecule has 0 spiro atoms. The van der Waals surface area contributed by atoms with Crippen molar-refractivity contribution in [2.45, 2.75) is 78.7 Å². The molecule has 2 aromatic carbocycles. The second-order valence-corrected chi connectivity index (χ2v) is 10.4. The first kappa shape index (κ1) is 26.5. The molecule has 0 radical (unpaired) electrons. The van der Waals surface area contributed by atoms with E-state index in [2.05, 4.69) is 27.7 Å². The summed E-state index contributed by atoms with van der Waals surface area (Å²) >= 11 is 0. The first-order valence-electron chi connectivity index (χ1n) is 12.7. The number of Topliss-reactive ketones (excluding diaryl/α,β-unsaturated/α-hetero) is 1. The third-order valence-corrected chi connectivity index (χ3v) is 6.58. The second-order valence-electron chi connectivity index (χ2n) is 10.4. The Labute approximate surface area is 209 Å². The van der Waals surface area contributed by atoms with E-state index >= 15 is 0 Å². The molecule has 5 heteroatoms. The van der Waals surface area contributed by atoms with E-state index in [1.54, 1.807) is 4.90 Å². The third kappa shape index (κ3) is 5.77. The van der Waals surface area contributed by atoms with Gasteiger partial charge in [-0.25, -0.2) is 0 Å². The van der Waals surface area contributed by atoms with Crippen LogP contribution < -0.4 is 4.74 Å². The summed E-state index contributed by atoms with van der Waals surface area (Å²) in [5, 5.41) is 11.5. The Hall–Kier alpha value is -3.08. The first-order valence-corrected chi connectivity index (χ1v) is 12.7. The van der Waals surface area contributed by atoms with Gasteiger partial charge in [0.05, 0.1) is 18.2 Å². The SMILES string of the molecule is CCCCCOc1ccc(C2/C(=C(\O)c3cc(C(C)(C)C)ccc3C)C(=O)C(=O)N2CCC)cc1. The van der Waals surface area contributed by atoms with E-state index in [4.69, 9.17) is 4.74 Å². The number of aliphatic hydroxyl groups is 1. The fourth-order valence-electron chi connectivity index (χ4n) is 4.48. The molecule has 1 unspecified atom stereocenters. The Morgan fingerprint density at radius 2 is 1.69 bits per heavy atom. The molecule has 1 aliphatic heterocycles. The number of aliphatic hydroxyl groups excluding tert-OH is 1. The molecule has 1 aliphatic rings. The molecular formula is C30H39NO4. The van der Waals surface area contributed by atoms with Crippen LogP contribution in [0.1, 0.15) is 88.6 Å². The molecule has 188 valence electrons. The third-order valence-electron chi connectivity index (χ3n) is 6.58. The van der Waals surface area contributed by atoms with Gasteiger partial charge in [0.25, 0.3) is 11.7 Å². The van der Waals surface area contributed by atoms with Crippen molar-refractivity contribution in [3.8, 4) is 5.75 Å². The van der Waals surface area contributed by atoms with Gasteiger partial charge < -0.3 is 14.7 Å². The quantitative estimate of drug-likeness (QED) is 0.189. The zero-order valence-electron chi connectivity index (χ0n) is 22.0. The largest absolute Gasteiger partial charge is 0.507 e. The van der Waals surface area contributed by atoms with Crippen LogP contribution in [0.2, 0.25) is 0 Å². The van der Waals surface area contributed by atoms with Gasteiger partial charge in [0.2, 0.25) is 0 Å². The maximum Gasteiger partial charge on any atom is 0.295 e. The molecule has 0 bridgehead atoms. The average Bonchev–Trinajstić information content (AvgIpc) is 3.06. The number of benzene rings is 2. The van der Waals surface area contributed by atoms with Gasteiger partial charge in [-0.05, 0) is 60.1 Å². The van der Waals surface area contributed by atoms with Crippen LogP contribution in [-0.4, -0.2) is 34.8 Å². The number of rotatable bonds is 9. The molecule has 1 heterocycles. The number of unbranched alkanes of at least 4 members (excludes halogenated alkanes) is 2. The summed E-state index contributed by atoms with van der Waals surface area (Å²) in [6.07, 6.45) is 3.97. The lowest BCUT2D eigenvalue weighted by Crippen LogP contribution is -2.30. The average molecular weight is 478 g/mol. The van der Waals surface area contributed by atoms with Gasteiger partial charge in [-0.15, -0.1) is 0 Å². The number of hydrogen-bond donors (Lipinski definition) is 1. The summed E-state index contributed by atoms with van der Waals surface area (Å²) in [5.74, 6) is -0.564. The molecule has 1 N–H and O–H groups in total. The van der Waals surface area contributed by atoms with Crippen LogP contribution in [0.5, 0.6) is 5.75 Å². The highest BCUT2D eigenvalue weighted by atomic mass is 16.5. The molecule has 3 rings (SSSR count). The van der Waals surface area contributed by atoms with E-state index in [0.717, 1.165) is 41.7 Å². The summed E-state index contributed by atoms with van der Waals surface area (Å²) in [4.78, 5) is 27.8. The molecule has 1 fully saturated rings.